The number of aryl methyl sites for hydroxylation is 2. The van der Waals surface area contributed by atoms with Gasteiger partial charge in [-0.25, -0.2) is 0 Å². The Morgan fingerprint density at radius 2 is 1.83 bits per heavy atom. The largest absolute Gasteiger partial charge is 0.433 e. The third-order valence-electron chi connectivity index (χ3n) is 3.55. The molecule has 0 fully saturated rings. The van der Waals surface area contributed by atoms with E-state index in [1.807, 2.05) is 25.6 Å². The first-order chi connectivity index (χ1) is 13.6. The van der Waals surface area contributed by atoms with Crippen LogP contribution in [0.3, 0.4) is 0 Å². The van der Waals surface area contributed by atoms with Gasteiger partial charge in [0.1, 0.15) is 5.71 Å². The Morgan fingerprint density at radius 1 is 1.21 bits per heavy atom. The van der Waals surface area contributed by atoms with Crippen molar-refractivity contribution in [1.82, 2.24) is 9.78 Å². The number of alkyl halides is 3. The van der Waals surface area contributed by atoms with Gasteiger partial charge in [-0.3, -0.25) is 9.67 Å². The smallest absolute Gasteiger partial charge is 0.268 e. The summed E-state index contributed by atoms with van der Waals surface area (Å²) in [5, 5.41) is 6.95. The van der Waals surface area contributed by atoms with E-state index in [0.717, 1.165) is 18.1 Å². The van der Waals surface area contributed by atoms with Gasteiger partial charge >= 0.3 is 6.18 Å². The summed E-state index contributed by atoms with van der Waals surface area (Å²) in [5.74, 6) is 0. The Morgan fingerprint density at radius 3 is 2.31 bits per heavy atom. The van der Waals surface area contributed by atoms with Crippen molar-refractivity contribution < 1.29 is 13.2 Å². The maximum atomic E-state index is 12.3. The standard InChI is InChI=1S/C10H14F3N.C10H13N2P.C2H6/c1-4-5-6-9(10(11,12)13)14-7-8(2)3;1-3-9-8-6-7(13)4-5-10(8)12(2)11-9;1-2/h5-7H,4H2,1-3H3;4-6H,3,13H2,1-2H3;1-2H3/b6-5+,14-9?;;. The molecule has 1 aromatic carbocycles. The van der Waals surface area contributed by atoms with Crippen molar-refractivity contribution in [3.63, 3.8) is 0 Å². The van der Waals surface area contributed by atoms with Crippen LogP contribution >= 0.6 is 9.24 Å². The minimum atomic E-state index is -4.38. The van der Waals surface area contributed by atoms with E-state index in [2.05, 4.69) is 44.5 Å². The molecule has 0 saturated heterocycles. The highest BCUT2D eigenvalue weighted by molar-refractivity contribution is 7.27. The molecule has 3 nitrogen and oxygen atoms in total. The topological polar surface area (TPSA) is 30.2 Å². The molecule has 0 amide bonds. The SMILES string of the molecule is CC.CC/C=C/C(=NC=C(C)C)C(F)(F)F.CCc1nn(C)c2ccc(P)cc12. The van der Waals surface area contributed by atoms with Crippen molar-refractivity contribution in [1.29, 1.82) is 0 Å². The van der Waals surface area contributed by atoms with Crippen LogP contribution in [0.4, 0.5) is 13.2 Å². The molecule has 0 spiro atoms. The molecule has 0 aliphatic heterocycles. The number of aromatic nitrogens is 2. The fraction of sp³-hybridized carbons (Fsp3) is 0.455. The third-order valence-corrected chi connectivity index (χ3v) is 3.91. The van der Waals surface area contributed by atoms with Crippen LogP contribution in [0, 0.1) is 0 Å². The molecule has 0 saturated carbocycles. The Labute approximate surface area is 175 Å². The maximum Gasteiger partial charge on any atom is 0.433 e. The van der Waals surface area contributed by atoms with E-state index in [0.29, 0.717) is 6.42 Å². The summed E-state index contributed by atoms with van der Waals surface area (Å²) in [6.07, 6.45) is 0.820. The number of benzene rings is 1. The van der Waals surface area contributed by atoms with Crippen molar-refractivity contribution in [2.24, 2.45) is 12.0 Å². The number of allylic oxidation sites excluding steroid dienone is 3. The summed E-state index contributed by atoms with van der Waals surface area (Å²) in [5.41, 5.74) is 2.27. The first-order valence-electron chi connectivity index (χ1n) is 9.76. The molecule has 162 valence electrons. The lowest BCUT2D eigenvalue weighted by Gasteiger charge is -2.04. The fourth-order valence-corrected chi connectivity index (χ4v) is 2.52. The van der Waals surface area contributed by atoms with E-state index in [-0.39, 0.29) is 0 Å². The van der Waals surface area contributed by atoms with Crippen LogP contribution < -0.4 is 5.30 Å². The van der Waals surface area contributed by atoms with Gasteiger partial charge in [0.15, 0.2) is 0 Å². The highest BCUT2D eigenvalue weighted by Crippen LogP contribution is 2.19. The van der Waals surface area contributed by atoms with Crippen LogP contribution in [0.2, 0.25) is 0 Å². The summed E-state index contributed by atoms with van der Waals surface area (Å²) < 4.78 is 38.8. The summed E-state index contributed by atoms with van der Waals surface area (Å²) in [7, 11) is 4.71. The Hall–Kier alpha value is -1.94. The van der Waals surface area contributed by atoms with Crippen molar-refractivity contribution in [3.8, 4) is 0 Å². The number of rotatable bonds is 4. The minimum absolute atomic E-state index is 0.559. The van der Waals surface area contributed by atoms with Crippen molar-refractivity contribution in [2.75, 3.05) is 0 Å². The zero-order valence-electron chi connectivity index (χ0n) is 18.4. The van der Waals surface area contributed by atoms with Crippen LogP contribution in [0.15, 0.2) is 47.1 Å². The van der Waals surface area contributed by atoms with Gasteiger partial charge in [-0.15, -0.1) is 9.24 Å². The molecule has 1 heterocycles. The molecule has 7 heteroatoms. The van der Waals surface area contributed by atoms with Gasteiger partial charge in [0.2, 0.25) is 0 Å². The molecular formula is C22H33F3N3P. The molecule has 0 bridgehead atoms. The number of nitrogens with zero attached hydrogens (tertiary/aromatic N) is 3. The normalized spacial score (nSPS) is 11.6. The van der Waals surface area contributed by atoms with E-state index < -0.39 is 11.9 Å². The van der Waals surface area contributed by atoms with Crippen LogP contribution in [0.1, 0.15) is 53.7 Å². The first-order valence-corrected chi connectivity index (χ1v) is 10.3. The number of aliphatic imine (C=N–C) groups is 1. The van der Waals surface area contributed by atoms with Gasteiger partial charge in [-0.1, -0.05) is 45.4 Å². The Balaban J connectivity index is 0.000000498. The van der Waals surface area contributed by atoms with E-state index >= 15 is 0 Å². The average Bonchev–Trinajstić information content (AvgIpc) is 2.97. The molecule has 0 aliphatic rings. The summed E-state index contributed by atoms with van der Waals surface area (Å²) in [6, 6.07) is 6.38. The second-order valence-electron chi connectivity index (χ2n) is 6.23. The van der Waals surface area contributed by atoms with Crippen molar-refractivity contribution >= 4 is 31.2 Å². The lowest BCUT2D eigenvalue weighted by molar-refractivity contribution is -0.0576. The van der Waals surface area contributed by atoms with Gasteiger partial charge in [-0.05, 0) is 50.2 Å². The van der Waals surface area contributed by atoms with E-state index in [1.54, 1.807) is 20.8 Å². The van der Waals surface area contributed by atoms with Gasteiger partial charge in [0, 0.05) is 18.6 Å². The maximum absolute atomic E-state index is 12.3. The first kappa shape index (κ1) is 27.1. The summed E-state index contributed by atoms with van der Waals surface area (Å²) in [6.45, 7) is 11.3. The monoisotopic (exact) mass is 427 g/mol. The fourth-order valence-electron chi connectivity index (χ4n) is 2.26. The van der Waals surface area contributed by atoms with Crippen LogP contribution in [-0.2, 0) is 13.5 Å². The van der Waals surface area contributed by atoms with Crippen LogP contribution in [0.25, 0.3) is 10.9 Å². The summed E-state index contributed by atoms with van der Waals surface area (Å²) >= 11 is 0. The average molecular weight is 427 g/mol. The highest BCUT2D eigenvalue weighted by Gasteiger charge is 2.33. The highest BCUT2D eigenvalue weighted by atomic mass is 31.0. The van der Waals surface area contributed by atoms with Crippen molar-refractivity contribution in [2.45, 2.75) is 60.6 Å². The van der Waals surface area contributed by atoms with E-state index in [4.69, 9.17) is 0 Å². The lowest BCUT2D eigenvalue weighted by atomic mass is 10.2. The Kier molecular flexibility index (Phi) is 12.4. The molecule has 0 N–H and O–H groups in total. The predicted octanol–water partition coefficient (Wildman–Crippen LogP) is 6.54. The quantitative estimate of drug-likeness (QED) is 0.402. The molecule has 1 atom stereocenters. The minimum Gasteiger partial charge on any atom is -0.268 e. The molecule has 1 aromatic heterocycles. The van der Waals surface area contributed by atoms with E-state index in [9.17, 15) is 13.2 Å². The molecule has 1 unspecified atom stereocenters. The zero-order chi connectivity index (χ0) is 22.6. The number of hydrogen-bond donors (Lipinski definition) is 0. The molecular weight excluding hydrogens is 394 g/mol. The lowest BCUT2D eigenvalue weighted by Crippen LogP contribution is -2.20. The summed E-state index contributed by atoms with van der Waals surface area (Å²) in [4.78, 5) is 3.37. The van der Waals surface area contributed by atoms with Gasteiger partial charge in [-0.2, -0.15) is 18.3 Å². The molecule has 0 aliphatic carbocycles. The van der Waals surface area contributed by atoms with E-state index in [1.165, 1.54) is 34.2 Å². The number of hydrogen-bond acceptors (Lipinski definition) is 2. The molecule has 2 aromatic rings. The van der Waals surface area contributed by atoms with Gasteiger partial charge in [0.25, 0.3) is 0 Å². The zero-order valence-corrected chi connectivity index (χ0v) is 19.6. The molecule has 2 rings (SSSR count). The van der Waals surface area contributed by atoms with Crippen molar-refractivity contribution in [3.05, 3.63) is 47.8 Å². The van der Waals surface area contributed by atoms with Crippen LogP contribution in [0.5, 0.6) is 0 Å². The molecule has 0 radical (unpaired) electrons. The predicted molar refractivity (Wildman–Crippen MR) is 123 cm³/mol. The van der Waals surface area contributed by atoms with Gasteiger partial charge < -0.3 is 0 Å². The number of fused-ring (bicyclic) bond motifs is 1. The number of halogens is 3. The van der Waals surface area contributed by atoms with Gasteiger partial charge in [0.05, 0.1) is 11.2 Å². The molecule has 29 heavy (non-hydrogen) atoms. The Bertz CT molecular complexity index is 843. The third kappa shape index (κ3) is 9.40. The van der Waals surface area contributed by atoms with Crippen LogP contribution in [-0.4, -0.2) is 21.7 Å². The second-order valence-corrected chi connectivity index (χ2v) is 6.90. The second kappa shape index (κ2) is 13.3.